The van der Waals surface area contributed by atoms with Crippen LogP contribution < -0.4 is 17.2 Å². The zero-order chi connectivity index (χ0) is 29.2. The molecule has 6 aliphatic rings. The Labute approximate surface area is 246 Å². The van der Waals surface area contributed by atoms with E-state index in [4.69, 9.17) is 31.4 Å². The highest BCUT2D eigenvalue weighted by Gasteiger charge is 2.68. The van der Waals surface area contributed by atoms with Crippen molar-refractivity contribution in [2.45, 2.75) is 122 Å². The Morgan fingerprint density at radius 3 is 2.68 bits per heavy atom. The van der Waals surface area contributed by atoms with Gasteiger partial charge >= 0.3 is 5.97 Å². The molecule has 2 aliphatic heterocycles. The first kappa shape index (κ1) is 29.4. The fourth-order valence-corrected chi connectivity index (χ4v) is 10.6. The number of carbonyl (C=O) groups excluding carboxylic acids is 1. The lowest BCUT2D eigenvalue weighted by Gasteiger charge is -2.58. The molecule has 2 unspecified atom stereocenters. The summed E-state index contributed by atoms with van der Waals surface area (Å²) in [5.74, 6) is 3.23. The van der Waals surface area contributed by atoms with Gasteiger partial charge in [-0.3, -0.25) is 9.79 Å². The van der Waals surface area contributed by atoms with Gasteiger partial charge in [-0.05, 0) is 98.2 Å². The predicted octanol–water partition coefficient (Wildman–Crippen LogP) is 4.65. The molecule has 0 radical (unpaired) electrons. The number of rotatable bonds is 6. The van der Waals surface area contributed by atoms with Crippen molar-refractivity contribution >= 4 is 11.9 Å². The Bertz CT molecular complexity index is 1070. The van der Waals surface area contributed by atoms with E-state index in [2.05, 4.69) is 38.8 Å². The summed E-state index contributed by atoms with van der Waals surface area (Å²) in [7, 11) is 0. The Morgan fingerprint density at radius 1 is 1.15 bits per heavy atom. The second-order valence-electron chi connectivity index (χ2n) is 15.1. The van der Waals surface area contributed by atoms with E-state index in [9.17, 15) is 4.79 Å². The van der Waals surface area contributed by atoms with Crippen LogP contribution in [0, 0.1) is 46.3 Å². The van der Waals surface area contributed by atoms with Crippen LogP contribution in [0.25, 0.3) is 0 Å². The summed E-state index contributed by atoms with van der Waals surface area (Å²) in [5.41, 5.74) is 18.9. The number of nitrogens with zero attached hydrogens (tertiary/aromatic N) is 1. The summed E-state index contributed by atoms with van der Waals surface area (Å²) in [5, 5.41) is 0. The van der Waals surface area contributed by atoms with Crippen molar-refractivity contribution in [2.75, 3.05) is 13.2 Å². The first-order valence-corrected chi connectivity index (χ1v) is 16.5. The van der Waals surface area contributed by atoms with Crippen molar-refractivity contribution in [1.29, 1.82) is 0 Å². The van der Waals surface area contributed by atoms with E-state index >= 15 is 0 Å². The third-order valence-electron chi connectivity index (χ3n) is 12.9. The number of ether oxygens (including phenoxy) is 3. The average molecular weight is 571 g/mol. The molecule has 6 N–H and O–H groups in total. The van der Waals surface area contributed by atoms with Crippen LogP contribution in [0.4, 0.5) is 0 Å². The van der Waals surface area contributed by atoms with Crippen LogP contribution in [0.3, 0.4) is 0 Å². The number of fused-ring (bicyclic) bond motifs is 7. The lowest BCUT2D eigenvalue weighted by Crippen LogP contribution is -2.52. The number of aliphatic imine (C=N–C) groups is 1. The number of allylic oxidation sites excluding steroid dienone is 1. The largest absolute Gasteiger partial charge is 0.461 e. The molecule has 4 aliphatic carbocycles. The van der Waals surface area contributed by atoms with Gasteiger partial charge < -0.3 is 31.4 Å². The zero-order valence-corrected chi connectivity index (χ0v) is 25.8. The molecule has 8 nitrogen and oxygen atoms in total. The summed E-state index contributed by atoms with van der Waals surface area (Å²) >= 11 is 0. The SMILES string of the molecule is C[C@H]1CCC2(OC1)O[C@H]1C[C@H]3[C@@H]4CC=C5C[C@@H](OC(=O)C(N)CCCN=C(N)N)CC[C@]5(C)[C@H]4CC[C@]3(C)[C@H]1[C@@H]2C. The molecule has 5 fully saturated rings. The van der Waals surface area contributed by atoms with Gasteiger partial charge in [-0.15, -0.1) is 0 Å². The average Bonchev–Trinajstić information content (AvgIpc) is 3.38. The summed E-state index contributed by atoms with van der Waals surface area (Å²) in [6.07, 6.45) is 14.0. The molecular weight excluding hydrogens is 516 g/mol. The monoisotopic (exact) mass is 570 g/mol. The van der Waals surface area contributed by atoms with Gasteiger partial charge in [0.25, 0.3) is 0 Å². The number of hydrogen-bond donors (Lipinski definition) is 3. The highest BCUT2D eigenvalue weighted by Crippen LogP contribution is 2.70. The Morgan fingerprint density at radius 2 is 1.95 bits per heavy atom. The molecule has 6 rings (SSSR count). The quantitative estimate of drug-likeness (QED) is 0.139. The minimum Gasteiger partial charge on any atom is -0.461 e. The van der Waals surface area contributed by atoms with Crippen LogP contribution >= 0.6 is 0 Å². The van der Waals surface area contributed by atoms with Crippen LogP contribution in [0.2, 0.25) is 0 Å². The van der Waals surface area contributed by atoms with E-state index in [0.29, 0.717) is 66.4 Å². The normalized spacial score (nSPS) is 47.4. The first-order chi connectivity index (χ1) is 19.5. The molecule has 0 aromatic heterocycles. The summed E-state index contributed by atoms with van der Waals surface area (Å²) in [6.45, 7) is 11.1. The second kappa shape index (κ2) is 10.8. The number of guanidine groups is 1. The molecule has 12 atom stereocenters. The zero-order valence-electron chi connectivity index (χ0n) is 25.8. The summed E-state index contributed by atoms with van der Waals surface area (Å²) in [6, 6.07) is -0.633. The van der Waals surface area contributed by atoms with Gasteiger partial charge in [-0.1, -0.05) is 39.3 Å². The number of carbonyl (C=O) groups is 1. The molecule has 0 aromatic carbocycles. The van der Waals surface area contributed by atoms with Crippen molar-refractivity contribution in [1.82, 2.24) is 0 Å². The highest BCUT2D eigenvalue weighted by molar-refractivity contribution is 5.76. The van der Waals surface area contributed by atoms with Crippen molar-refractivity contribution in [3.05, 3.63) is 11.6 Å². The number of nitrogens with two attached hydrogens (primary N) is 3. The number of hydrogen-bond acceptors (Lipinski definition) is 6. The number of esters is 1. The lowest BCUT2D eigenvalue weighted by atomic mass is 9.47. The maximum Gasteiger partial charge on any atom is 0.323 e. The van der Waals surface area contributed by atoms with E-state index in [0.717, 1.165) is 38.7 Å². The highest BCUT2D eigenvalue weighted by atomic mass is 16.7. The molecule has 41 heavy (non-hydrogen) atoms. The lowest BCUT2D eigenvalue weighted by molar-refractivity contribution is -0.272. The van der Waals surface area contributed by atoms with Crippen LogP contribution in [-0.2, 0) is 19.0 Å². The fourth-order valence-electron chi connectivity index (χ4n) is 10.6. The minimum atomic E-state index is -0.633. The standard InChI is InChI=1S/C33H54N4O4/c1-19-9-14-33(39-18-19)20(2)28-27(41-33)17-25-23-8-7-21-16-22(40-29(38)26(34)6-5-15-37-30(35)36)10-12-31(21,3)24(23)11-13-32(25,28)4/h7,19-20,22-28H,5-6,8-18,34H2,1-4H3,(H4,35,36,37)/t19-,20-,22-,23+,24-,25-,26?,27-,28-,31-,32-,33?/m0/s1. The third kappa shape index (κ3) is 4.94. The molecule has 1 spiro atoms. The van der Waals surface area contributed by atoms with E-state index in [1.807, 2.05) is 0 Å². The molecule has 8 heteroatoms. The van der Waals surface area contributed by atoms with Gasteiger partial charge in [0, 0.05) is 25.3 Å². The maximum absolute atomic E-state index is 12.7. The van der Waals surface area contributed by atoms with Crippen molar-refractivity contribution in [2.24, 2.45) is 68.5 Å². The summed E-state index contributed by atoms with van der Waals surface area (Å²) in [4.78, 5) is 16.7. The second-order valence-corrected chi connectivity index (χ2v) is 15.1. The van der Waals surface area contributed by atoms with Crippen molar-refractivity contribution in [3.63, 3.8) is 0 Å². The molecular formula is C33H54N4O4. The van der Waals surface area contributed by atoms with Crippen LogP contribution in [-0.4, -0.2) is 49.1 Å². The fraction of sp³-hybridized carbons (Fsp3) is 0.879. The van der Waals surface area contributed by atoms with E-state index < -0.39 is 6.04 Å². The Balaban J connectivity index is 1.10. The van der Waals surface area contributed by atoms with Crippen LogP contribution in [0.15, 0.2) is 16.6 Å². The molecule has 2 heterocycles. The predicted molar refractivity (Wildman–Crippen MR) is 159 cm³/mol. The van der Waals surface area contributed by atoms with Gasteiger partial charge in [0.2, 0.25) is 0 Å². The molecule has 0 aromatic rings. The minimum absolute atomic E-state index is 0.0628. The van der Waals surface area contributed by atoms with Crippen LogP contribution in [0.5, 0.6) is 0 Å². The molecule has 3 saturated carbocycles. The van der Waals surface area contributed by atoms with Gasteiger partial charge in [0.1, 0.15) is 12.1 Å². The first-order valence-electron chi connectivity index (χ1n) is 16.5. The van der Waals surface area contributed by atoms with E-state index in [1.54, 1.807) is 0 Å². The Hall–Kier alpha value is -1.64. The van der Waals surface area contributed by atoms with Crippen LogP contribution in [0.1, 0.15) is 98.3 Å². The summed E-state index contributed by atoms with van der Waals surface area (Å²) < 4.78 is 19.4. The Kier molecular flexibility index (Phi) is 7.76. The van der Waals surface area contributed by atoms with Gasteiger partial charge in [0.15, 0.2) is 11.7 Å². The topological polar surface area (TPSA) is 135 Å². The van der Waals surface area contributed by atoms with E-state index in [-0.39, 0.29) is 29.2 Å². The molecule has 0 amide bonds. The van der Waals surface area contributed by atoms with Gasteiger partial charge in [-0.2, -0.15) is 0 Å². The molecule has 2 saturated heterocycles. The molecule has 230 valence electrons. The van der Waals surface area contributed by atoms with Gasteiger partial charge in [0.05, 0.1) is 12.7 Å². The van der Waals surface area contributed by atoms with Crippen molar-refractivity contribution < 1.29 is 19.0 Å². The third-order valence-corrected chi connectivity index (χ3v) is 12.9. The van der Waals surface area contributed by atoms with Crippen molar-refractivity contribution in [3.8, 4) is 0 Å². The van der Waals surface area contributed by atoms with Gasteiger partial charge in [-0.25, -0.2) is 0 Å². The smallest absolute Gasteiger partial charge is 0.323 e. The maximum atomic E-state index is 12.7. The van der Waals surface area contributed by atoms with E-state index in [1.165, 1.54) is 31.3 Å². The molecule has 0 bridgehead atoms.